The minimum Gasteiger partial charge on any atom is -0.433 e. The molecule has 0 bridgehead atoms. The molecule has 0 aromatic heterocycles. The van der Waals surface area contributed by atoms with E-state index in [1.807, 2.05) is 36.5 Å². The summed E-state index contributed by atoms with van der Waals surface area (Å²) in [5.74, 6) is -1.39. The van der Waals surface area contributed by atoms with Gasteiger partial charge in [-0.3, -0.25) is 0 Å². The monoisotopic (exact) mass is 420 g/mol. The molecule has 0 saturated heterocycles. The van der Waals surface area contributed by atoms with Crippen molar-refractivity contribution in [1.29, 1.82) is 0 Å². The summed E-state index contributed by atoms with van der Waals surface area (Å²) in [5.41, 5.74) is 0. The van der Waals surface area contributed by atoms with Crippen molar-refractivity contribution in [2.75, 3.05) is 13.2 Å². The number of carbonyl (C=O) groups excluding carboxylic acids is 2. The minimum atomic E-state index is -0.733. The molecule has 0 fully saturated rings. The quantitative estimate of drug-likeness (QED) is 0.148. The Kier molecular flexibility index (Phi) is 18.2. The zero-order valence-corrected chi connectivity index (χ0v) is 18.6. The lowest BCUT2D eigenvalue weighted by molar-refractivity contribution is -0.169. The van der Waals surface area contributed by atoms with E-state index in [9.17, 15) is 9.59 Å². The zero-order chi connectivity index (χ0) is 22.5. The predicted octanol–water partition coefficient (Wildman–Crippen LogP) is 5.18. The maximum absolute atomic E-state index is 11.7. The van der Waals surface area contributed by atoms with Crippen LogP contribution < -0.4 is 0 Å². The van der Waals surface area contributed by atoms with Crippen molar-refractivity contribution in [2.45, 2.75) is 66.0 Å². The second-order valence-corrected chi connectivity index (χ2v) is 6.30. The highest BCUT2D eigenvalue weighted by Gasteiger charge is 2.09. The van der Waals surface area contributed by atoms with Crippen LogP contribution in [-0.4, -0.2) is 37.7 Å². The Morgan fingerprint density at radius 2 is 1.03 bits per heavy atom. The Morgan fingerprint density at radius 3 is 1.40 bits per heavy atom. The molecule has 0 aromatic rings. The number of hydrogen-bond donors (Lipinski definition) is 0. The Balaban J connectivity index is 4.01. The molecule has 0 aliphatic heterocycles. The molecule has 0 aromatic carbocycles. The highest BCUT2D eigenvalue weighted by Crippen LogP contribution is 1.99. The van der Waals surface area contributed by atoms with Crippen molar-refractivity contribution >= 4 is 11.9 Å². The topological polar surface area (TPSA) is 71.1 Å². The summed E-state index contributed by atoms with van der Waals surface area (Å²) in [4.78, 5) is 23.4. The van der Waals surface area contributed by atoms with Gasteiger partial charge in [-0.05, 0) is 26.7 Å². The first-order valence-electron chi connectivity index (χ1n) is 10.4. The maximum atomic E-state index is 11.7. The van der Waals surface area contributed by atoms with E-state index < -0.39 is 24.5 Å². The SMILES string of the molecule is CCCC=CC=CCOC(C)OC(=O)C=CC(=O)OC(C)OCC=CC=CCCC. The van der Waals surface area contributed by atoms with E-state index >= 15 is 0 Å². The van der Waals surface area contributed by atoms with Gasteiger partial charge in [0, 0.05) is 12.2 Å². The lowest BCUT2D eigenvalue weighted by Gasteiger charge is -2.12. The van der Waals surface area contributed by atoms with Gasteiger partial charge in [0.25, 0.3) is 0 Å². The molecule has 2 atom stereocenters. The molecule has 0 aliphatic rings. The minimum absolute atomic E-state index is 0.314. The molecule has 6 nitrogen and oxygen atoms in total. The number of allylic oxidation sites excluding steroid dienone is 6. The van der Waals surface area contributed by atoms with Crippen LogP contribution in [0.2, 0.25) is 0 Å². The zero-order valence-electron chi connectivity index (χ0n) is 18.6. The Labute approximate surface area is 180 Å². The number of ether oxygens (including phenoxy) is 4. The van der Waals surface area contributed by atoms with Gasteiger partial charge in [-0.1, -0.05) is 75.3 Å². The van der Waals surface area contributed by atoms with Crippen LogP contribution in [0.5, 0.6) is 0 Å². The first kappa shape index (κ1) is 27.6. The fourth-order valence-electron chi connectivity index (χ4n) is 1.94. The van der Waals surface area contributed by atoms with Gasteiger partial charge in [-0.25, -0.2) is 9.59 Å². The van der Waals surface area contributed by atoms with Crippen LogP contribution in [0.3, 0.4) is 0 Å². The molecule has 0 spiro atoms. The molecular weight excluding hydrogens is 384 g/mol. The largest absolute Gasteiger partial charge is 0.433 e. The standard InChI is InChI=1S/C24H36O6/c1-5-7-9-11-13-15-19-27-21(3)29-23(25)17-18-24(26)30-22(4)28-20-16-14-12-10-8-6-2/h9-18,21-22H,5-8,19-20H2,1-4H3. The average Bonchev–Trinajstić information content (AvgIpc) is 2.71. The van der Waals surface area contributed by atoms with Crippen LogP contribution in [0.4, 0.5) is 0 Å². The van der Waals surface area contributed by atoms with Crippen molar-refractivity contribution in [3.8, 4) is 0 Å². The number of rotatable bonds is 16. The van der Waals surface area contributed by atoms with E-state index in [-0.39, 0.29) is 0 Å². The molecular formula is C24H36O6. The summed E-state index contributed by atoms with van der Waals surface area (Å²) >= 11 is 0. The van der Waals surface area contributed by atoms with Crippen LogP contribution in [0.1, 0.15) is 53.4 Å². The summed E-state index contributed by atoms with van der Waals surface area (Å²) in [5, 5.41) is 0. The molecule has 0 saturated carbocycles. The molecule has 0 amide bonds. The van der Waals surface area contributed by atoms with Gasteiger partial charge < -0.3 is 18.9 Å². The van der Waals surface area contributed by atoms with Gasteiger partial charge in [0.15, 0.2) is 0 Å². The van der Waals surface area contributed by atoms with E-state index in [2.05, 4.69) is 26.0 Å². The highest BCUT2D eigenvalue weighted by molar-refractivity contribution is 5.91. The van der Waals surface area contributed by atoms with Gasteiger partial charge in [0.1, 0.15) is 0 Å². The Hall–Kier alpha value is -2.44. The summed E-state index contributed by atoms with van der Waals surface area (Å²) in [6, 6.07) is 0. The fourth-order valence-corrected chi connectivity index (χ4v) is 1.94. The number of esters is 2. The summed E-state index contributed by atoms with van der Waals surface area (Å²) < 4.78 is 20.7. The fraction of sp³-hybridized carbons (Fsp3) is 0.500. The highest BCUT2D eigenvalue weighted by atomic mass is 16.7. The van der Waals surface area contributed by atoms with E-state index in [1.165, 1.54) is 0 Å². The maximum Gasteiger partial charge on any atom is 0.333 e. The Morgan fingerprint density at radius 1 is 0.667 bits per heavy atom. The van der Waals surface area contributed by atoms with Crippen LogP contribution in [-0.2, 0) is 28.5 Å². The summed E-state index contributed by atoms with van der Waals surface area (Å²) in [6.45, 7) is 8.06. The van der Waals surface area contributed by atoms with E-state index in [4.69, 9.17) is 18.9 Å². The van der Waals surface area contributed by atoms with Crippen molar-refractivity contribution in [2.24, 2.45) is 0 Å². The van der Waals surface area contributed by atoms with Gasteiger partial charge >= 0.3 is 11.9 Å². The number of carbonyl (C=O) groups is 2. The molecule has 6 heteroatoms. The van der Waals surface area contributed by atoms with Crippen molar-refractivity contribution in [1.82, 2.24) is 0 Å². The molecule has 168 valence electrons. The van der Waals surface area contributed by atoms with Crippen LogP contribution in [0.15, 0.2) is 60.8 Å². The van der Waals surface area contributed by atoms with E-state index in [0.717, 1.165) is 37.8 Å². The molecule has 0 aliphatic carbocycles. The average molecular weight is 421 g/mol. The lowest BCUT2D eigenvalue weighted by atomic mass is 10.3. The predicted molar refractivity (Wildman–Crippen MR) is 119 cm³/mol. The molecule has 0 rings (SSSR count). The first-order valence-corrected chi connectivity index (χ1v) is 10.4. The smallest absolute Gasteiger partial charge is 0.333 e. The molecule has 30 heavy (non-hydrogen) atoms. The Bertz CT molecular complexity index is 549. The van der Waals surface area contributed by atoms with Crippen LogP contribution in [0.25, 0.3) is 0 Å². The van der Waals surface area contributed by atoms with E-state index in [0.29, 0.717) is 13.2 Å². The van der Waals surface area contributed by atoms with Gasteiger partial charge in [0.05, 0.1) is 13.2 Å². The molecule has 0 radical (unpaired) electrons. The van der Waals surface area contributed by atoms with Crippen molar-refractivity contribution < 1.29 is 28.5 Å². The summed E-state index contributed by atoms with van der Waals surface area (Å²) in [7, 11) is 0. The van der Waals surface area contributed by atoms with Gasteiger partial charge in [0.2, 0.25) is 12.6 Å². The van der Waals surface area contributed by atoms with E-state index in [1.54, 1.807) is 13.8 Å². The third-order valence-electron chi connectivity index (χ3n) is 3.45. The molecule has 0 heterocycles. The van der Waals surface area contributed by atoms with Crippen LogP contribution >= 0.6 is 0 Å². The normalized spacial score (nSPS) is 14.4. The summed E-state index contributed by atoms with van der Waals surface area (Å²) in [6.07, 6.45) is 20.2. The lowest BCUT2D eigenvalue weighted by Crippen LogP contribution is -2.18. The van der Waals surface area contributed by atoms with Gasteiger partial charge in [-0.2, -0.15) is 0 Å². The van der Waals surface area contributed by atoms with Crippen molar-refractivity contribution in [3.63, 3.8) is 0 Å². The van der Waals surface area contributed by atoms with Crippen molar-refractivity contribution in [3.05, 3.63) is 60.8 Å². The third kappa shape index (κ3) is 18.9. The van der Waals surface area contributed by atoms with Crippen LogP contribution in [0, 0.1) is 0 Å². The third-order valence-corrected chi connectivity index (χ3v) is 3.45. The number of unbranched alkanes of at least 4 members (excludes halogenated alkanes) is 2. The second-order valence-electron chi connectivity index (χ2n) is 6.30. The number of hydrogen-bond acceptors (Lipinski definition) is 6. The molecule has 2 unspecified atom stereocenters. The van der Waals surface area contributed by atoms with Gasteiger partial charge in [-0.15, -0.1) is 0 Å². The first-order chi connectivity index (χ1) is 14.5. The molecule has 0 N–H and O–H groups in total. The second kappa shape index (κ2) is 19.9.